The summed E-state index contributed by atoms with van der Waals surface area (Å²) in [7, 11) is 0. The van der Waals surface area contributed by atoms with Crippen LogP contribution in [0, 0.1) is 6.92 Å². The van der Waals surface area contributed by atoms with Crippen molar-refractivity contribution in [3.8, 4) is 16.5 Å². The molecule has 3 aromatic rings. The van der Waals surface area contributed by atoms with E-state index in [9.17, 15) is 4.79 Å². The van der Waals surface area contributed by atoms with Gasteiger partial charge in [-0.25, -0.2) is 4.98 Å². The highest BCUT2D eigenvalue weighted by Crippen LogP contribution is 2.21. The van der Waals surface area contributed by atoms with Crippen molar-refractivity contribution in [2.24, 2.45) is 0 Å². The number of aromatic nitrogens is 2. The Morgan fingerprint density at radius 1 is 1.19 bits per heavy atom. The fourth-order valence-electron chi connectivity index (χ4n) is 2.41. The van der Waals surface area contributed by atoms with Gasteiger partial charge in [0.15, 0.2) is 0 Å². The summed E-state index contributed by atoms with van der Waals surface area (Å²) in [6.07, 6.45) is 2.86. The minimum absolute atomic E-state index is 0.00534. The number of ether oxygens (including phenoxy) is 1. The molecule has 0 radical (unpaired) electrons. The van der Waals surface area contributed by atoms with Crippen LogP contribution < -0.4 is 10.1 Å². The highest BCUT2D eigenvalue weighted by molar-refractivity contribution is 7.13. The van der Waals surface area contributed by atoms with Gasteiger partial charge in [0.1, 0.15) is 10.8 Å². The lowest BCUT2D eigenvalue weighted by atomic mass is 10.2. The first kappa shape index (κ1) is 18.1. The van der Waals surface area contributed by atoms with Crippen LogP contribution in [0.1, 0.15) is 24.1 Å². The Balaban J connectivity index is 1.38. The lowest BCUT2D eigenvalue weighted by molar-refractivity contribution is -0.121. The number of rotatable bonds is 8. The number of carbonyl (C=O) groups is 1. The fourth-order valence-corrected chi connectivity index (χ4v) is 3.20. The minimum atomic E-state index is 0.00534. The average molecular weight is 367 g/mol. The molecular formula is C20H21N3O2S. The summed E-state index contributed by atoms with van der Waals surface area (Å²) in [5.74, 6) is 0.878. The standard InChI is InChI=1S/C20H21N3O2S/c1-15-7-2-3-9-18(15)25-12-6-10-19(24)22-13-16-14-26-20(23-16)17-8-4-5-11-21-17/h2-5,7-9,11,14H,6,10,12-13H2,1H3,(H,22,24). The molecule has 0 fully saturated rings. The van der Waals surface area contributed by atoms with Gasteiger partial charge in [-0.3, -0.25) is 9.78 Å². The van der Waals surface area contributed by atoms with Gasteiger partial charge in [0.05, 0.1) is 24.5 Å². The molecular weight excluding hydrogens is 346 g/mol. The number of thiazole rings is 1. The molecule has 0 aliphatic carbocycles. The molecule has 26 heavy (non-hydrogen) atoms. The van der Waals surface area contributed by atoms with Crippen LogP contribution in [0.15, 0.2) is 54.0 Å². The Kier molecular flexibility index (Phi) is 6.33. The van der Waals surface area contributed by atoms with E-state index in [1.807, 2.05) is 54.8 Å². The first-order valence-corrected chi connectivity index (χ1v) is 9.41. The second-order valence-electron chi connectivity index (χ2n) is 5.85. The molecule has 6 heteroatoms. The molecule has 0 saturated heterocycles. The summed E-state index contributed by atoms with van der Waals surface area (Å²) in [5, 5.41) is 5.72. The highest BCUT2D eigenvalue weighted by Gasteiger charge is 2.07. The molecule has 1 aromatic carbocycles. The molecule has 2 heterocycles. The average Bonchev–Trinajstić information content (AvgIpc) is 3.15. The summed E-state index contributed by atoms with van der Waals surface area (Å²) in [4.78, 5) is 20.8. The molecule has 0 aliphatic rings. The summed E-state index contributed by atoms with van der Waals surface area (Å²) in [6.45, 7) is 2.97. The molecule has 3 rings (SSSR count). The Hall–Kier alpha value is -2.73. The molecule has 2 aromatic heterocycles. The minimum Gasteiger partial charge on any atom is -0.493 e. The van der Waals surface area contributed by atoms with Gasteiger partial charge in [0.25, 0.3) is 0 Å². The molecule has 1 N–H and O–H groups in total. The number of nitrogens with one attached hydrogen (secondary N) is 1. The zero-order valence-corrected chi connectivity index (χ0v) is 15.5. The van der Waals surface area contributed by atoms with Crippen molar-refractivity contribution in [2.45, 2.75) is 26.3 Å². The molecule has 0 bridgehead atoms. The van der Waals surface area contributed by atoms with Crippen LogP contribution >= 0.6 is 11.3 Å². The zero-order chi connectivity index (χ0) is 18.2. The van der Waals surface area contributed by atoms with E-state index in [-0.39, 0.29) is 5.91 Å². The highest BCUT2D eigenvalue weighted by atomic mass is 32.1. The van der Waals surface area contributed by atoms with Gasteiger partial charge in [0, 0.05) is 18.0 Å². The van der Waals surface area contributed by atoms with Gasteiger partial charge in [-0.05, 0) is 37.1 Å². The summed E-state index contributed by atoms with van der Waals surface area (Å²) in [5.41, 5.74) is 2.80. The van der Waals surface area contributed by atoms with E-state index in [2.05, 4.69) is 15.3 Å². The van der Waals surface area contributed by atoms with E-state index in [0.29, 0.717) is 26.0 Å². The van der Waals surface area contributed by atoms with Crippen LogP contribution in [-0.4, -0.2) is 22.5 Å². The number of benzene rings is 1. The first-order chi connectivity index (χ1) is 12.7. The third-order valence-corrected chi connectivity index (χ3v) is 4.72. The maximum Gasteiger partial charge on any atom is 0.220 e. The number of aryl methyl sites for hydroxylation is 1. The van der Waals surface area contributed by atoms with Crippen LogP contribution in [0.4, 0.5) is 0 Å². The molecule has 0 unspecified atom stereocenters. The smallest absolute Gasteiger partial charge is 0.220 e. The van der Waals surface area contributed by atoms with E-state index >= 15 is 0 Å². The maximum atomic E-state index is 12.0. The molecule has 0 spiro atoms. The van der Waals surface area contributed by atoms with Crippen molar-refractivity contribution in [2.75, 3.05) is 6.61 Å². The van der Waals surface area contributed by atoms with Crippen molar-refractivity contribution < 1.29 is 9.53 Å². The lowest BCUT2D eigenvalue weighted by Gasteiger charge is -2.08. The SMILES string of the molecule is Cc1ccccc1OCCCC(=O)NCc1csc(-c2ccccn2)n1. The predicted molar refractivity (Wildman–Crippen MR) is 103 cm³/mol. The molecule has 0 saturated carbocycles. The van der Waals surface area contributed by atoms with E-state index in [4.69, 9.17) is 4.74 Å². The van der Waals surface area contributed by atoms with Crippen molar-refractivity contribution >= 4 is 17.2 Å². The van der Waals surface area contributed by atoms with Crippen LogP contribution in [-0.2, 0) is 11.3 Å². The molecule has 134 valence electrons. The van der Waals surface area contributed by atoms with Crippen molar-refractivity contribution in [1.29, 1.82) is 0 Å². The Morgan fingerprint density at radius 2 is 2.04 bits per heavy atom. The third kappa shape index (κ3) is 5.13. The Bertz CT molecular complexity index is 849. The van der Waals surface area contributed by atoms with E-state index in [1.165, 1.54) is 11.3 Å². The second kappa shape index (κ2) is 9.10. The van der Waals surface area contributed by atoms with E-state index < -0.39 is 0 Å². The Labute approximate surface area is 157 Å². The molecule has 0 atom stereocenters. The largest absolute Gasteiger partial charge is 0.493 e. The van der Waals surface area contributed by atoms with Crippen LogP contribution in [0.2, 0.25) is 0 Å². The number of pyridine rings is 1. The van der Waals surface area contributed by atoms with Gasteiger partial charge >= 0.3 is 0 Å². The molecule has 5 nitrogen and oxygen atoms in total. The number of nitrogens with zero attached hydrogens (tertiary/aromatic N) is 2. The molecule has 1 amide bonds. The van der Waals surface area contributed by atoms with E-state index in [0.717, 1.165) is 27.7 Å². The van der Waals surface area contributed by atoms with Gasteiger partial charge in [-0.15, -0.1) is 11.3 Å². The summed E-state index contributed by atoms with van der Waals surface area (Å²) < 4.78 is 5.70. The fraction of sp³-hybridized carbons (Fsp3) is 0.250. The van der Waals surface area contributed by atoms with Crippen molar-refractivity contribution in [1.82, 2.24) is 15.3 Å². The van der Waals surface area contributed by atoms with Gasteiger partial charge < -0.3 is 10.1 Å². The lowest BCUT2D eigenvalue weighted by Crippen LogP contribution is -2.23. The van der Waals surface area contributed by atoms with E-state index in [1.54, 1.807) is 6.20 Å². The van der Waals surface area contributed by atoms with Crippen LogP contribution in [0.25, 0.3) is 10.7 Å². The van der Waals surface area contributed by atoms with Crippen LogP contribution in [0.3, 0.4) is 0 Å². The summed E-state index contributed by atoms with van der Waals surface area (Å²) in [6, 6.07) is 13.6. The van der Waals surface area contributed by atoms with Crippen LogP contribution in [0.5, 0.6) is 5.75 Å². The predicted octanol–water partition coefficient (Wildman–Crippen LogP) is 3.99. The normalized spacial score (nSPS) is 10.5. The van der Waals surface area contributed by atoms with Gasteiger partial charge in [-0.2, -0.15) is 0 Å². The van der Waals surface area contributed by atoms with Gasteiger partial charge in [0.2, 0.25) is 5.91 Å². The second-order valence-corrected chi connectivity index (χ2v) is 6.71. The topological polar surface area (TPSA) is 64.1 Å². The number of para-hydroxylation sites is 1. The zero-order valence-electron chi connectivity index (χ0n) is 14.6. The Morgan fingerprint density at radius 3 is 2.85 bits per heavy atom. The monoisotopic (exact) mass is 367 g/mol. The maximum absolute atomic E-state index is 12.0. The number of amides is 1. The van der Waals surface area contributed by atoms with Crippen molar-refractivity contribution in [3.05, 3.63) is 65.3 Å². The first-order valence-electron chi connectivity index (χ1n) is 8.53. The molecule has 0 aliphatic heterocycles. The summed E-state index contributed by atoms with van der Waals surface area (Å²) >= 11 is 1.53. The number of carbonyl (C=O) groups excluding carboxylic acids is 1. The number of hydrogen-bond donors (Lipinski definition) is 1. The van der Waals surface area contributed by atoms with Crippen molar-refractivity contribution in [3.63, 3.8) is 0 Å². The number of hydrogen-bond acceptors (Lipinski definition) is 5. The van der Waals surface area contributed by atoms with Gasteiger partial charge in [-0.1, -0.05) is 24.3 Å². The third-order valence-electron chi connectivity index (χ3n) is 3.80. The quantitative estimate of drug-likeness (QED) is 0.612.